The smallest absolute Gasteiger partial charge is 0.756 e. The molecule has 1 fully saturated rings. The Hall–Kier alpha value is 0.300. The summed E-state index contributed by atoms with van der Waals surface area (Å²) in [6.45, 7) is 1.82. The first-order valence-electron chi connectivity index (χ1n) is 15.2. The van der Waals surface area contributed by atoms with E-state index in [1.54, 1.807) is 13.0 Å². The van der Waals surface area contributed by atoms with Crippen LogP contribution in [0, 0.1) is 5.41 Å². The Kier molecular flexibility index (Phi) is 24.8. The van der Waals surface area contributed by atoms with Gasteiger partial charge < -0.3 is 64.5 Å². The van der Waals surface area contributed by atoms with E-state index in [9.17, 15) is 57.9 Å². The third-order valence-corrected chi connectivity index (χ3v) is 10.9. The van der Waals surface area contributed by atoms with Gasteiger partial charge in [-0.1, -0.05) is 31.7 Å². The maximum Gasteiger partial charge on any atom is 1.00 e. The molecular formula is C25H37N7Na3O17P3S. The van der Waals surface area contributed by atoms with Gasteiger partial charge in [-0.3, -0.25) is 32.6 Å². The van der Waals surface area contributed by atoms with Crippen molar-refractivity contribution in [2.45, 2.75) is 57.8 Å². The number of hydrogen-bond donors (Lipinski definition) is 6. The van der Waals surface area contributed by atoms with Crippen LogP contribution in [0.3, 0.4) is 0 Å². The Labute approximate surface area is 390 Å². The molecule has 31 heteroatoms. The minimum Gasteiger partial charge on any atom is -0.756 e. The number of nitrogens with zero attached hydrogens (tertiary/aromatic N) is 4. The van der Waals surface area contributed by atoms with Crippen LogP contribution < -0.4 is 120 Å². The van der Waals surface area contributed by atoms with Gasteiger partial charge in [-0.15, -0.1) is 0 Å². The Morgan fingerprint density at radius 2 is 1.73 bits per heavy atom. The van der Waals surface area contributed by atoms with Crippen molar-refractivity contribution in [3.63, 3.8) is 0 Å². The number of phosphoric ester groups is 3. The molecule has 2 aromatic heterocycles. The number of rotatable bonds is 20. The largest absolute Gasteiger partial charge is 1.00 e. The first-order chi connectivity index (χ1) is 24.6. The number of anilines is 1. The zero-order chi connectivity index (χ0) is 39.8. The van der Waals surface area contributed by atoms with E-state index < -0.39 is 84.6 Å². The average molecular weight is 902 g/mol. The molecule has 1 aliphatic heterocycles. The molecule has 3 rings (SSSR count). The summed E-state index contributed by atoms with van der Waals surface area (Å²) in [5.74, 6) is -1.22. The first kappa shape index (κ1) is 56.3. The van der Waals surface area contributed by atoms with Gasteiger partial charge in [0.05, 0.1) is 19.5 Å². The average Bonchev–Trinajstić information content (AvgIpc) is 3.61. The minimum absolute atomic E-state index is 0. The van der Waals surface area contributed by atoms with Gasteiger partial charge in [-0.25, -0.2) is 19.3 Å². The van der Waals surface area contributed by atoms with Crippen molar-refractivity contribution >= 4 is 69.1 Å². The molecule has 56 heavy (non-hydrogen) atoms. The number of aromatic nitrogens is 4. The fraction of sp³-hybridized carbons (Fsp3) is 0.600. The van der Waals surface area contributed by atoms with Crippen LogP contribution in [0.1, 0.15) is 33.4 Å². The molecule has 1 saturated heterocycles. The van der Waals surface area contributed by atoms with Crippen molar-refractivity contribution in [3.8, 4) is 0 Å². The standard InChI is InChI=1S/C25H40N7O17P3S.3Na/c1-4-5-16(34)53-9-8-27-15(33)6-7-28-23(37)20(36)25(2,3)11-46-52(43,44)49-51(41,42)45-10-14-19(48-50(38,39)40)18(35)24(47-14)32-13-31-17-21(26)29-12-30-22(17)32;;;/h4-5,12-14,18-20,24,35-36H,6-11H2,1-3H3,(H,27,33)(H,28,37)(H,41,42)(H,43,44)(H2,26,29,30)(H2,38,39,40);;;/q;3*+1/p-3/b5-4+;;;/t14-,18-,19-,20+,24-;;;/m1.../s1. The summed E-state index contributed by atoms with van der Waals surface area (Å²) >= 11 is 0.998. The number of hydrogen-bond acceptors (Lipinski definition) is 21. The number of allylic oxidation sites excluding steroid dienone is 1. The van der Waals surface area contributed by atoms with Gasteiger partial charge in [0.15, 0.2) is 17.7 Å². The van der Waals surface area contributed by atoms with Gasteiger partial charge in [0.2, 0.25) is 16.9 Å². The SMILES string of the molecule is C/C=C/C(=O)SCCNC(=O)CCNC(=O)[C@H](O)C(C)(C)COP(=O)([O-])OP(=O)([O-])OC[C@H]1O[C@@H](n2cnc3c(N)ncnc32)[C@H](O)[C@@H]1OP(=O)([O-])O.[Na+].[Na+].[Na+]. The summed E-state index contributed by atoms with van der Waals surface area (Å²) in [5.41, 5.74) is 4.10. The number of fused-ring (bicyclic) bond motifs is 1. The van der Waals surface area contributed by atoms with Crippen molar-refractivity contribution in [2.75, 3.05) is 37.8 Å². The summed E-state index contributed by atoms with van der Waals surface area (Å²) in [4.78, 5) is 93.1. The Bertz CT molecular complexity index is 1810. The Morgan fingerprint density at radius 3 is 2.36 bits per heavy atom. The Balaban J connectivity index is 0.0000101. The molecule has 0 bridgehead atoms. The van der Waals surface area contributed by atoms with E-state index in [4.69, 9.17) is 10.5 Å². The van der Waals surface area contributed by atoms with Gasteiger partial charge in [0.1, 0.15) is 36.3 Å². The molecule has 0 radical (unpaired) electrons. The van der Waals surface area contributed by atoms with Crippen LogP contribution in [-0.4, -0.2) is 108 Å². The number of aliphatic hydroxyl groups is 2. The van der Waals surface area contributed by atoms with Crippen molar-refractivity contribution in [1.29, 1.82) is 0 Å². The molecule has 0 aromatic carbocycles. The molecule has 3 heterocycles. The van der Waals surface area contributed by atoms with Crippen LogP contribution in [0.4, 0.5) is 5.82 Å². The molecule has 0 saturated carbocycles. The molecule has 8 atom stereocenters. The van der Waals surface area contributed by atoms with Gasteiger partial charge in [0, 0.05) is 30.7 Å². The number of phosphoric acid groups is 3. The molecule has 7 N–H and O–H groups in total. The zero-order valence-electron chi connectivity index (χ0n) is 31.1. The Morgan fingerprint density at radius 1 is 1.09 bits per heavy atom. The fourth-order valence-corrected chi connectivity index (χ4v) is 7.83. The second kappa shape index (κ2) is 24.7. The molecule has 0 aliphatic carbocycles. The number of carbonyl (C=O) groups is 3. The number of carbonyl (C=O) groups excluding carboxylic acids is 3. The number of imidazole rings is 1. The number of aliphatic hydroxyl groups excluding tert-OH is 2. The zero-order valence-corrected chi connectivity index (χ0v) is 40.6. The van der Waals surface area contributed by atoms with Crippen LogP contribution in [0.15, 0.2) is 24.8 Å². The number of amides is 2. The van der Waals surface area contributed by atoms with Gasteiger partial charge in [0.25, 0.3) is 23.5 Å². The van der Waals surface area contributed by atoms with Gasteiger partial charge >= 0.3 is 88.7 Å². The van der Waals surface area contributed by atoms with Crippen molar-refractivity contribution in [3.05, 3.63) is 24.8 Å². The summed E-state index contributed by atoms with van der Waals surface area (Å²) in [5, 5.41) is 25.9. The van der Waals surface area contributed by atoms with Crippen LogP contribution in [0.2, 0.25) is 0 Å². The van der Waals surface area contributed by atoms with Crippen LogP contribution in [0.25, 0.3) is 11.2 Å². The number of ether oxygens (including phenoxy) is 1. The number of nitrogen functional groups attached to an aromatic ring is 1. The molecule has 24 nitrogen and oxygen atoms in total. The maximum absolute atomic E-state index is 12.5. The molecule has 298 valence electrons. The predicted molar refractivity (Wildman–Crippen MR) is 175 cm³/mol. The van der Waals surface area contributed by atoms with Crippen LogP contribution in [0.5, 0.6) is 0 Å². The van der Waals surface area contributed by atoms with E-state index in [-0.39, 0.29) is 130 Å². The molecule has 3 unspecified atom stereocenters. The van der Waals surface area contributed by atoms with E-state index >= 15 is 0 Å². The van der Waals surface area contributed by atoms with Crippen molar-refractivity contribution in [2.24, 2.45) is 5.41 Å². The number of thioether (sulfide) groups is 1. The first-order valence-corrected chi connectivity index (χ1v) is 20.6. The van der Waals surface area contributed by atoms with Gasteiger partial charge in [-0.05, 0) is 13.0 Å². The third-order valence-electron chi connectivity index (χ3n) is 7.03. The normalized spacial score (nSPS) is 22.0. The maximum atomic E-state index is 12.5. The van der Waals surface area contributed by atoms with Crippen molar-refractivity contribution in [1.82, 2.24) is 30.2 Å². The number of nitrogens with two attached hydrogens (primary N) is 1. The van der Waals surface area contributed by atoms with Gasteiger partial charge in [-0.2, -0.15) is 0 Å². The van der Waals surface area contributed by atoms with E-state index in [1.165, 1.54) is 19.9 Å². The second-order valence-corrected chi connectivity index (χ2v) is 16.9. The van der Waals surface area contributed by atoms with Crippen LogP contribution in [-0.2, 0) is 50.7 Å². The van der Waals surface area contributed by atoms with Crippen LogP contribution >= 0.6 is 35.2 Å². The van der Waals surface area contributed by atoms with E-state index in [0.29, 0.717) is 5.75 Å². The quantitative estimate of drug-likeness (QED) is 0.0311. The molecule has 1 aliphatic rings. The number of nitrogens with one attached hydrogen (secondary N) is 2. The van der Waals surface area contributed by atoms with Crippen molar-refractivity contribution < 1.29 is 169 Å². The molecule has 0 spiro atoms. The third kappa shape index (κ3) is 17.7. The molecule has 2 aromatic rings. The minimum atomic E-state index is -5.89. The summed E-state index contributed by atoms with van der Waals surface area (Å²) in [7, 11) is -17.3. The summed E-state index contributed by atoms with van der Waals surface area (Å²) in [6, 6.07) is 0. The summed E-state index contributed by atoms with van der Waals surface area (Å²) < 4.78 is 60.6. The van der Waals surface area contributed by atoms with E-state index in [0.717, 1.165) is 29.0 Å². The van der Waals surface area contributed by atoms with E-state index in [1.807, 2.05) is 0 Å². The topological polar surface area (TPSA) is 372 Å². The fourth-order valence-electron chi connectivity index (χ4n) is 4.45. The molecular weight excluding hydrogens is 864 g/mol. The van der Waals surface area contributed by atoms with E-state index in [2.05, 4.69) is 43.5 Å². The summed E-state index contributed by atoms with van der Waals surface area (Å²) in [6.07, 6.45) is -4.42. The monoisotopic (exact) mass is 901 g/mol. The second-order valence-electron chi connectivity index (χ2n) is 11.7. The predicted octanol–water partition coefficient (Wildman–Crippen LogP) is -11.6. The molecule has 2 amide bonds.